The van der Waals surface area contributed by atoms with E-state index in [0.29, 0.717) is 13.2 Å². The van der Waals surface area contributed by atoms with Crippen LogP contribution in [0.5, 0.6) is 5.75 Å². The third kappa shape index (κ3) is 5.28. The minimum Gasteiger partial charge on any atom is -0.496 e. The number of nitrogens with two attached hydrogens (primary N) is 1. The van der Waals surface area contributed by atoms with Crippen molar-refractivity contribution in [2.24, 2.45) is 5.73 Å². The van der Waals surface area contributed by atoms with E-state index in [4.69, 9.17) is 15.2 Å². The Morgan fingerprint density at radius 1 is 1.42 bits per heavy atom. The molecule has 5 nitrogen and oxygen atoms in total. The first-order valence-corrected chi connectivity index (χ1v) is 6.41. The Bertz CT molecular complexity index is 396. The van der Waals surface area contributed by atoms with Crippen LogP contribution < -0.4 is 15.8 Å². The van der Waals surface area contributed by atoms with E-state index in [2.05, 4.69) is 12.2 Å². The Kier molecular flexibility index (Phi) is 6.92. The molecule has 0 spiro atoms. The fourth-order valence-electron chi connectivity index (χ4n) is 1.91. The van der Waals surface area contributed by atoms with Gasteiger partial charge in [-0.2, -0.15) is 0 Å². The van der Waals surface area contributed by atoms with Gasteiger partial charge in [0.2, 0.25) is 5.91 Å². The maximum atomic E-state index is 10.5. The Morgan fingerprint density at radius 3 is 2.79 bits per heavy atom. The van der Waals surface area contributed by atoms with Crippen molar-refractivity contribution in [3.8, 4) is 5.75 Å². The number of rotatable bonds is 9. The van der Waals surface area contributed by atoms with Crippen molar-refractivity contribution in [3.05, 3.63) is 29.8 Å². The van der Waals surface area contributed by atoms with E-state index in [1.165, 1.54) is 0 Å². The topological polar surface area (TPSA) is 73.6 Å². The summed E-state index contributed by atoms with van der Waals surface area (Å²) in [6, 6.07) is 8.14. The lowest BCUT2D eigenvalue weighted by Gasteiger charge is -2.19. The molecule has 5 heteroatoms. The molecule has 0 bridgehead atoms. The van der Waals surface area contributed by atoms with Crippen LogP contribution in [0.3, 0.4) is 0 Å². The fraction of sp³-hybridized carbons (Fsp3) is 0.500. The molecule has 0 radical (unpaired) electrons. The van der Waals surface area contributed by atoms with Crippen molar-refractivity contribution in [1.29, 1.82) is 0 Å². The number of nitrogens with one attached hydrogen (secondary N) is 1. The molecule has 1 atom stereocenters. The molecule has 0 aliphatic heterocycles. The number of ether oxygens (including phenoxy) is 2. The highest BCUT2D eigenvalue weighted by atomic mass is 16.5. The Labute approximate surface area is 114 Å². The molecule has 0 saturated heterocycles. The van der Waals surface area contributed by atoms with Gasteiger partial charge >= 0.3 is 0 Å². The standard InChI is InChI=1S/C14H22N2O3/c1-3-12(16-8-9-19-10-14(15)17)11-6-4-5-7-13(11)18-2/h4-7,12,16H,3,8-10H2,1-2H3,(H2,15,17). The van der Waals surface area contributed by atoms with Gasteiger partial charge in [0, 0.05) is 18.2 Å². The van der Waals surface area contributed by atoms with E-state index >= 15 is 0 Å². The molecule has 1 aromatic rings. The van der Waals surface area contributed by atoms with E-state index < -0.39 is 5.91 Å². The van der Waals surface area contributed by atoms with Gasteiger partial charge in [0.15, 0.2) is 0 Å². The van der Waals surface area contributed by atoms with Gasteiger partial charge in [-0.15, -0.1) is 0 Å². The molecule has 1 rings (SSSR count). The van der Waals surface area contributed by atoms with Gasteiger partial charge in [0.25, 0.3) is 0 Å². The highest BCUT2D eigenvalue weighted by Crippen LogP contribution is 2.26. The summed E-state index contributed by atoms with van der Waals surface area (Å²) in [7, 11) is 1.67. The zero-order valence-corrected chi connectivity index (χ0v) is 11.5. The molecule has 0 fully saturated rings. The molecule has 1 unspecified atom stereocenters. The van der Waals surface area contributed by atoms with Crippen molar-refractivity contribution >= 4 is 5.91 Å². The average molecular weight is 266 g/mol. The largest absolute Gasteiger partial charge is 0.496 e. The number of benzene rings is 1. The maximum Gasteiger partial charge on any atom is 0.243 e. The maximum absolute atomic E-state index is 10.5. The minimum atomic E-state index is -0.447. The number of methoxy groups -OCH3 is 1. The third-order valence-electron chi connectivity index (χ3n) is 2.80. The molecule has 0 heterocycles. The van der Waals surface area contributed by atoms with Gasteiger partial charge in [-0.05, 0) is 12.5 Å². The zero-order valence-electron chi connectivity index (χ0n) is 11.5. The molecule has 0 aliphatic carbocycles. The molecular formula is C14H22N2O3. The monoisotopic (exact) mass is 266 g/mol. The number of amides is 1. The third-order valence-corrected chi connectivity index (χ3v) is 2.80. The minimum absolute atomic E-state index is 0.0346. The summed E-state index contributed by atoms with van der Waals surface area (Å²) in [5, 5.41) is 3.38. The van der Waals surface area contributed by atoms with Crippen molar-refractivity contribution in [2.75, 3.05) is 26.9 Å². The first-order chi connectivity index (χ1) is 9.19. The average Bonchev–Trinajstić information content (AvgIpc) is 2.42. The fourth-order valence-corrected chi connectivity index (χ4v) is 1.91. The first kappa shape index (κ1) is 15.5. The van der Waals surface area contributed by atoms with Gasteiger partial charge < -0.3 is 20.5 Å². The Balaban J connectivity index is 2.46. The molecule has 106 valence electrons. The lowest BCUT2D eigenvalue weighted by molar-refractivity contribution is -0.122. The Hall–Kier alpha value is -1.59. The van der Waals surface area contributed by atoms with Crippen LogP contribution in [0.2, 0.25) is 0 Å². The molecule has 19 heavy (non-hydrogen) atoms. The summed E-state index contributed by atoms with van der Waals surface area (Å²) in [6.07, 6.45) is 0.941. The number of hydrogen-bond acceptors (Lipinski definition) is 4. The van der Waals surface area contributed by atoms with Crippen LogP contribution in [0.1, 0.15) is 24.9 Å². The van der Waals surface area contributed by atoms with Gasteiger partial charge in [0.05, 0.1) is 13.7 Å². The van der Waals surface area contributed by atoms with Crippen LogP contribution in [0.25, 0.3) is 0 Å². The number of primary amides is 1. The van der Waals surface area contributed by atoms with E-state index in [1.54, 1.807) is 7.11 Å². The van der Waals surface area contributed by atoms with E-state index in [1.807, 2.05) is 24.3 Å². The molecular weight excluding hydrogens is 244 g/mol. The number of para-hydroxylation sites is 1. The van der Waals surface area contributed by atoms with Crippen molar-refractivity contribution in [3.63, 3.8) is 0 Å². The van der Waals surface area contributed by atoms with Crippen LogP contribution in [0, 0.1) is 0 Å². The van der Waals surface area contributed by atoms with Crippen molar-refractivity contribution in [2.45, 2.75) is 19.4 Å². The quantitative estimate of drug-likeness (QED) is 0.659. The second-order valence-corrected chi connectivity index (χ2v) is 4.18. The molecule has 0 saturated carbocycles. The van der Waals surface area contributed by atoms with Crippen molar-refractivity contribution in [1.82, 2.24) is 5.32 Å². The first-order valence-electron chi connectivity index (χ1n) is 6.41. The highest BCUT2D eigenvalue weighted by molar-refractivity contribution is 5.74. The lowest BCUT2D eigenvalue weighted by Crippen LogP contribution is -2.27. The normalized spacial score (nSPS) is 12.1. The summed E-state index contributed by atoms with van der Waals surface area (Å²) in [5.74, 6) is 0.427. The van der Waals surface area contributed by atoms with Gasteiger partial charge in [-0.3, -0.25) is 4.79 Å². The summed E-state index contributed by atoms with van der Waals surface area (Å²) < 4.78 is 10.5. The van der Waals surface area contributed by atoms with E-state index in [9.17, 15) is 4.79 Å². The molecule has 0 aliphatic rings. The van der Waals surface area contributed by atoms with E-state index in [0.717, 1.165) is 17.7 Å². The lowest BCUT2D eigenvalue weighted by atomic mass is 10.0. The summed E-state index contributed by atoms with van der Waals surface area (Å²) >= 11 is 0. The SMILES string of the molecule is CCC(NCCOCC(N)=O)c1ccccc1OC. The van der Waals surface area contributed by atoms with Crippen molar-refractivity contribution < 1.29 is 14.3 Å². The number of carbonyl (C=O) groups excluding carboxylic acids is 1. The second kappa shape index (κ2) is 8.50. The molecule has 0 aromatic heterocycles. The predicted octanol–water partition coefficient (Wildman–Crippen LogP) is 1.24. The van der Waals surface area contributed by atoms with Crippen LogP contribution in [-0.2, 0) is 9.53 Å². The van der Waals surface area contributed by atoms with Gasteiger partial charge in [-0.1, -0.05) is 25.1 Å². The highest BCUT2D eigenvalue weighted by Gasteiger charge is 2.12. The molecule has 1 amide bonds. The van der Waals surface area contributed by atoms with E-state index in [-0.39, 0.29) is 12.6 Å². The molecule has 3 N–H and O–H groups in total. The summed E-state index contributed by atoms with van der Waals surface area (Å²) in [5.41, 5.74) is 6.12. The molecule has 1 aromatic carbocycles. The van der Waals surface area contributed by atoms with Crippen LogP contribution >= 0.6 is 0 Å². The number of carbonyl (C=O) groups is 1. The summed E-state index contributed by atoms with van der Waals surface area (Å²) in [4.78, 5) is 10.5. The summed E-state index contributed by atoms with van der Waals surface area (Å²) in [6.45, 7) is 3.18. The second-order valence-electron chi connectivity index (χ2n) is 4.18. The van der Waals surface area contributed by atoms with Crippen LogP contribution in [0.15, 0.2) is 24.3 Å². The van der Waals surface area contributed by atoms with Gasteiger partial charge in [0.1, 0.15) is 12.4 Å². The van der Waals surface area contributed by atoms with Crippen LogP contribution in [-0.4, -0.2) is 32.8 Å². The smallest absolute Gasteiger partial charge is 0.243 e. The predicted molar refractivity (Wildman–Crippen MR) is 74.0 cm³/mol. The van der Waals surface area contributed by atoms with Crippen LogP contribution in [0.4, 0.5) is 0 Å². The zero-order chi connectivity index (χ0) is 14.1. The van der Waals surface area contributed by atoms with Gasteiger partial charge in [-0.25, -0.2) is 0 Å². The number of hydrogen-bond donors (Lipinski definition) is 2. The Morgan fingerprint density at radius 2 is 2.16 bits per heavy atom.